The van der Waals surface area contributed by atoms with Crippen LogP contribution in [-0.2, 0) is 10.2 Å². The fraction of sp³-hybridized carbons (Fsp3) is 0.222. The van der Waals surface area contributed by atoms with Gasteiger partial charge in [0.1, 0.15) is 0 Å². The van der Waals surface area contributed by atoms with E-state index in [-0.39, 0.29) is 0 Å². The van der Waals surface area contributed by atoms with Crippen LogP contribution in [-0.4, -0.2) is 31.8 Å². The molecule has 0 unspecified atom stereocenters. The number of rotatable bonds is 3. The molecule has 0 spiro atoms. The summed E-state index contributed by atoms with van der Waals surface area (Å²) in [6, 6.07) is 4.54. The number of H-pyrrole nitrogens is 1. The maximum Gasteiger partial charge on any atom is 0.417 e. The van der Waals surface area contributed by atoms with Crippen molar-refractivity contribution in [1.82, 2.24) is 9.29 Å². The maximum atomic E-state index is 11.6. The third-order valence-electron chi connectivity index (χ3n) is 2.15. The van der Waals surface area contributed by atoms with Crippen LogP contribution in [0.4, 0.5) is 5.69 Å². The Morgan fingerprint density at radius 1 is 1.35 bits per heavy atom. The van der Waals surface area contributed by atoms with Crippen LogP contribution >= 0.6 is 0 Å². The van der Waals surface area contributed by atoms with Crippen molar-refractivity contribution < 1.29 is 12.8 Å². The van der Waals surface area contributed by atoms with Crippen molar-refractivity contribution in [3.63, 3.8) is 0 Å². The highest BCUT2D eigenvalue weighted by molar-refractivity contribution is 7.90. The lowest BCUT2D eigenvalue weighted by Crippen LogP contribution is -2.28. The van der Waals surface area contributed by atoms with E-state index < -0.39 is 16.0 Å². The highest BCUT2D eigenvalue weighted by atomic mass is 32.2. The van der Waals surface area contributed by atoms with Crippen LogP contribution in [0.15, 0.2) is 27.4 Å². The number of hydrogen-bond donors (Lipinski definition) is 2. The van der Waals surface area contributed by atoms with Crippen molar-refractivity contribution in [3.05, 3.63) is 28.7 Å². The predicted molar refractivity (Wildman–Crippen MR) is 63.1 cm³/mol. The Kier molecular flexibility index (Phi) is 2.68. The van der Waals surface area contributed by atoms with E-state index >= 15 is 0 Å². The number of anilines is 1. The summed E-state index contributed by atoms with van der Waals surface area (Å²) in [7, 11) is -0.732. The molecule has 0 saturated heterocycles. The minimum absolute atomic E-state index is 0.300. The van der Waals surface area contributed by atoms with Crippen molar-refractivity contribution in [1.29, 1.82) is 0 Å². The molecule has 2 N–H and O–H groups in total. The Morgan fingerprint density at radius 2 is 2.06 bits per heavy atom. The lowest BCUT2D eigenvalue weighted by molar-refractivity contribution is 0.527. The molecule has 92 valence electrons. The first-order chi connectivity index (χ1) is 7.88. The number of aromatic nitrogens is 1. The summed E-state index contributed by atoms with van der Waals surface area (Å²) in [6.07, 6.45) is 0. The molecule has 0 fully saturated rings. The van der Waals surface area contributed by atoms with Crippen LogP contribution in [0.25, 0.3) is 11.1 Å². The first-order valence-corrected chi connectivity index (χ1v) is 6.15. The maximum absolute atomic E-state index is 11.6. The zero-order valence-electron chi connectivity index (χ0n) is 9.22. The van der Waals surface area contributed by atoms with E-state index in [9.17, 15) is 13.2 Å². The van der Waals surface area contributed by atoms with Gasteiger partial charge in [-0.2, -0.15) is 12.7 Å². The minimum Gasteiger partial charge on any atom is -0.408 e. The van der Waals surface area contributed by atoms with E-state index in [4.69, 9.17) is 4.42 Å². The fourth-order valence-electron chi connectivity index (χ4n) is 1.25. The summed E-state index contributed by atoms with van der Waals surface area (Å²) in [4.78, 5) is 13.4. The first kappa shape index (κ1) is 11.7. The van der Waals surface area contributed by atoms with E-state index in [2.05, 4.69) is 9.71 Å². The monoisotopic (exact) mass is 257 g/mol. The summed E-state index contributed by atoms with van der Waals surface area (Å²) >= 11 is 0. The van der Waals surface area contributed by atoms with Gasteiger partial charge < -0.3 is 4.42 Å². The second-order valence-electron chi connectivity index (χ2n) is 3.61. The smallest absolute Gasteiger partial charge is 0.408 e. The molecule has 0 aliphatic carbocycles. The molecule has 1 aromatic carbocycles. The number of hydrogen-bond acceptors (Lipinski definition) is 4. The van der Waals surface area contributed by atoms with Gasteiger partial charge in [0.25, 0.3) is 0 Å². The fourth-order valence-corrected chi connectivity index (χ4v) is 1.86. The van der Waals surface area contributed by atoms with Gasteiger partial charge in [-0.3, -0.25) is 9.71 Å². The SMILES string of the molecule is CN(C)S(=O)(=O)Nc1ccc2[nH]c(=O)oc2c1. The predicted octanol–water partition coefficient (Wildman–Crippen LogP) is 0.339. The molecule has 0 saturated carbocycles. The molecule has 1 heterocycles. The molecule has 17 heavy (non-hydrogen) atoms. The zero-order valence-corrected chi connectivity index (χ0v) is 10.0. The summed E-state index contributed by atoms with van der Waals surface area (Å²) in [5.41, 5.74) is 1.14. The molecule has 7 nitrogen and oxygen atoms in total. The molecule has 1 aromatic heterocycles. The molecule has 0 aliphatic rings. The van der Waals surface area contributed by atoms with Crippen molar-refractivity contribution in [2.45, 2.75) is 0 Å². The second kappa shape index (κ2) is 3.90. The normalized spacial score (nSPS) is 12.2. The lowest BCUT2D eigenvalue weighted by atomic mass is 10.3. The van der Waals surface area contributed by atoms with Gasteiger partial charge in [0.2, 0.25) is 0 Å². The van der Waals surface area contributed by atoms with Crippen LogP contribution in [0.1, 0.15) is 0 Å². The standard InChI is InChI=1S/C9H11N3O4S/c1-12(2)17(14,15)11-6-3-4-7-8(5-6)16-9(13)10-7/h3-5,11H,1-2H3,(H,10,13). The average Bonchev–Trinajstić information content (AvgIpc) is 2.56. The molecule has 0 radical (unpaired) electrons. The molecule has 2 rings (SSSR count). The molecular weight excluding hydrogens is 246 g/mol. The van der Waals surface area contributed by atoms with Crippen molar-refractivity contribution in [2.24, 2.45) is 0 Å². The van der Waals surface area contributed by atoms with Crippen molar-refractivity contribution >= 4 is 27.0 Å². The Hall–Kier alpha value is -1.80. The Balaban J connectivity index is 2.41. The molecule has 0 aliphatic heterocycles. The molecule has 2 aromatic rings. The number of oxazole rings is 1. The summed E-state index contributed by atoms with van der Waals surface area (Å²) < 4.78 is 31.3. The molecule has 0 atom stereocenters. The van der Waals surface area contributed by atoms with Gasteiger partial charge in [0.05, 0.1) is 11.2 Å². The summed E-state index contributed by atoms with van der Waals surface area (Å²) in [5, 5.41) is 0. The van der Waals surface area contributed by atoms with E-state index in [0.717, 1.165) is 4.31 Å². The topological polar surface area (TPSA) is 95.4 Å². The Labute approximate surface area is 97.2 Å². The largest absolute Gasteiger partial charge is 0.417 e. The minimum atomic E-state index is -3.56. The van der Waals surface area contributed by atoms with Gasteiger partial charge in [0, 0.05) is 20.2 Å². The van der Waals surface area contributed by atoms with Crippen LogP contribution in [0.2, 0.25) is 0 Å². The Morgan fingerprint density at radius 3 is 2.71 bits per heavy atom. The van der Waals surface area contributed by atoms with Crippen LogP contribution in [0.3, 0.4) is 0 Å². The van der Waals surface area contributed by atoms with Gasteiger partial charge in [-0.15, -0.1) is 0 Å². The molecule has 8 heteroatoms. The summed E-state index contributed by atoms with van der Waals surface area (Å²) in [6.45, 7) is 0. The third kappa shape index (κ3) is 2.32. The van der Waals surface area contributed by atoms with E-state index in [1.54, 1.807) is 6.07 Å². The van der Waals surface area contributed by atoms with Crippen LogP contribution in [0, 0.1) is 0 Å². The van der Waals surface area contributed by atoms with Crippen LogP contribution < -0.4 is 10.5 Å². The number of fused-ring (bicyclic) bond motifs is 1. The van der Waals surface area contributed by atoms with E-state index in [0.29, 0.717) is 16.8 Å². The number of nitrogens with zero attached hydrogens (tertiary/aromatic N) is 1. The molecule has 0 amide bonds. The molecule has 0 bridgehead atoms. The quantitative estimate of drug-likeness (QED) is 0.828. The van der Waals surface area contributed by atoms with E-state index in [1.165, 1.54) is 26.2 Å². The van der Waals surface area contributed by atoms with E-state index in [1.807, 2.05) is 0 Å². The Bertz CT molecular complexity index is 698. The molecular formula is C9H11N3O4S. The van der Waals surface area contributed by atoms with Crippen molar-refractivity contribution in [2.75, 3.05) is 18.8 Å². The van der Waals surface area contributed by atoms with Gasteiger partial charge in [-0.05, 0) is 12.1 Å². The van der Waals surface area contributed by atoms with Gasteiger partial charge in [0.15, 0.2) is 5.58 Å². The number of nitrogens with one attached hydrogen (secondary N) is 2. The van der Waals surface area contributed by atoms with Gasteiger partial charge in [-0.25, -0.2) is 4.79 Å². The van der Waals surface area contributed by atoms with Crippen LogP contribution in [0.5, 0.6) is 0 Å². The lowest BCUT2D eigenvalue weighted by Gasteiger charge is -2.12. The highest BCUT2D eigenvalue weighted by Crippen LogP contribution is 2.17. The number of aromatic amines is 1. The van der Waals surface area contributed by atoms with Crippen molar-refractivity contribution in [3.8, 4) is 0 Å². The second-order valence-corrected chi connectivity index (χ2v) is 5.50. The zero-order chi connectivity index (χ0) is 12.6. The third-order valence-corrected chi connectivity index (χ3v) is 3.60. The highest BCUT2D eigenvalue weighted by Gasteiger charge is 2.13. The van der Waals surface area contributed by atoms with Gasteiger partial charge in [-0.1, -0.05) is 0 Å². The summed E-state index contributed by atoms with van der Waals surface area (Å²) in [5.74, 6) is -0.576. The average molecular weight is 257 g/mol. The first-order valence-electron chi connectivity index (χ1n) is 4.71. The van der Waals surface area contributed by atoms with Gasteiger partial charge >= 0.3 is 16.0 Å². The number of benzene rings is 1.